The van der Waals surface area contributed by atoms with Gasteiger partial charge in [0, 0.05) is 24.1 Å². The van der Waals surface area contributed by atoms with Crippen LogP contribution >= 0.6 is 15.9 Å². The Morgan fingerprint density at radius 3 is 2.28 bits per heavy atom. The van der Waals surface area contributed by atoms with Crippen LogP contribution in [0.4, 0.5) is 0 Å². The molecule has 32 heavy (non-hydrogen) atoms. The molecule has 0 bridgehead atoms. The van der Waals surface area contributed by atoms with Crippen molar-refractivity contribution in [3.05, 3.63) is 100 Å². The highest BCUT2D eigenvalue weighted by Gasteiger charge is 2.29. The molecule has 1 aliphatic heterocycles. The van der Waals surface area contributed by atoms with E-state index >= 15 is 0 Å². The molecule has 3 aromatic rings. The second-order valence-corrected chi connectivity index (χ2v) is 10.7. The van der Waals surface area contributed by atoms with Crippen molar-refractivity contribution in [2.45, 2.75) is 24.3 Å². The molecule has 3 aromatic carbocycles. The van der Waals surface area contributed by atoms with Gasteiger partial charge in [-0.2, -0.15) is 4.31 Å². The van der Waals surface area contributed by atoms with Crippen molar-refractivity contribution < 1.29 is 13.2 Å². The van der Waals surface area contributed by atoms with Gasteiger partial charge in [-0.25, -0.2) is 8.42 Å². The third kappa shape index (κ3) is 5.28. The lowest BCUT2D eigenvalue weighted by molar-refractivity contribution is -0.132. The highest BCUT2D eigenvalue weighted by molar-refractivity contribution is 9.10. The summed E-state index contributed by atoms with van der Waals surface area (Å²) in [6.45, 7) is 1.17. The first-order valence-electron chi connectivity index (χ1n) is 10.6. The maximum Gasteiger partial charge on any atom is 0.243 e. The summed E-state index contributed by atoms with van der Waals surface area (Å²) in [5.74, 6) is -0.173. The van der Waals surface area contributed by atoms with Crippen molar-refractivity contribution in [1.29, 1.82) is 0 Å². The van der Waals surface area contributed by atoms with E-state index in [0.29, 0.717) is 19.5 Å². The highest BCUT2D eigenvalue weighted by atomic mass is 79.9. The fourth-order valence-electron chi connectivity index (χ4n) is 3.90. The third-order valence-corrected chi connectivity index (χ3v) is 8.13. The van der Waals surface area contributed by atoms with Crippen LogP contribution in [0.5, 0.6) is 0 Å². The van der Waals surface area contributed by atoms with Crippen molar-refractivity contribution in [2.24, 2.45) is 0 Å². The minimum atomic E-state index is -3.82. The van der Waals surface area contributed by atoms with Gasteiger partial charge in [0.1, 0.15) is 0 Å². The first-order chi connectivity index (χ1) is 15.4. The summed E-state index contributed by atoms with van der Waals surface area (Å²) >= 11 is 3.35. The molecule has 5 nitrogen and oxygen atoms in total. The number of carbonyl (C=O) groups is 1. The van der Waals surface area contributed by atoms with Crippen LogP contribution in [0, 0.1) is 0 Å². The highest BCUT2D eigenvalue weighted by Crippen LogP contribution is 2.22. The Hall–Kier alpha value is -2.48. The van der Waals surface area contributed by atoms with Crippen LogP contribution in [-0.2, 0) is 34.2 Å². The van der Waals surface area contributed by atoms with E-state index < -0.39 is 10.0 Å². The number of benzene rings is 3. The second kappa shape index (κ2) is 9.98. The van der Waals surface area contributed by atoms with Crippen molar-refractivity contribution in [3.8, 4) is 0 Å². The lowest BCUT2D eigenvalue weighted by Crippen LogP contribution is -2.45. The first kappa shape index (κ1) is 22.7. The zero-order valence-electron chi connectivity index (χ0n) is 17.7. The Balaban J connectivity index is 1.54. The predicted octanol–water partition coefficient (Wildman–Crippen LogP) is 4.27. The van der Waals surface area contributed by atoms with Crippen molar-refractivity contribution in [3.63, 3.8) is 0 Å². The molecule has 7 heteroatoms. The number of rotatable bonds is 7. The van der Waals surface area contributed by atoms with Crippen LogP contribution in [0.3, 0.4) is 0 Å². The molecule has 0 saturated carbocycles. The van der Waals surface area contributed by atoms with Crippen LogP contribution in [0.1, 0.15) is 16.7 Å². The van der Waals surface area contributed by atoms with E-state index in [1.54, 1.807) is 29.2 Å². The molecule has 0 atom stereocenters. The molecule has 0 radical (unpaired) electrons. The van der Waals surface area contributed by atoms with Crippen LogP contribution in [-0.4, -0.2) is 43.2 Å². The number of amides is 1. The summed E-state index contributed by atoms with van der Waals surface area (Å²) in [7, 11) is -3.82. The molecule has 0 saturated heterocycles. The van der Waals surface area contributed by atoms with Gasteiger partial charge in [-0.3, -0.25) is 4.79 Å². The Morgan fingerprint density at radius 1 is 0.906 bits per heavy atom. The van der Waals surface area contributed by atoms with Crippen LogP contribution in [0.25, 0.3) is 0 Å². The zero-order chi connectivity index (χ0) is 22.6. The van der Waals surface area contributed by atoms with Gasteiger partial charge in [-0.15, -0.1) is 0 Å². The SMILES string of the molecule is O=C(CN(CCc1ccccc1)S(=O)(=O)c1ccc(Br)cc1)N1CCc2ccccc2C1. The smallest absolute Gasteiger partial charge is 0.243 e. The average molecular weight is 513 g/mol. The number of hydrogen-bond acceptors (Lipinski definition) is 3. The molecule has 0 N–H and O–H groups in total. The molecule has 0 unspecified atom stereocenters. The van der Waals surface area contributed by atoms with Gasteiger partial charge in [0.25, 0.3) is 0 Å². The normalized spacial score (nSPS) is 13.8. The first-order valence-corrected chi connectivity index (χ1v) is 12.8. The zero-order valence-corrected chi connectivity index (χ0v) is 20.1. The lowest BCUT2D eigenvalue weighted by atomic mass is 10.00. The van der Waals surface area contributed by atoms with E-state index in [0.717, 1.165) is 22.0 Å². The Labute approximate surface area is 197 Å². The summed E-state index contributed by atoms with van der Waals surface area (Å²) in [5, 5.41) is 0. The number of nitrogens with zero attached hydrogens (tertiary/aromatic N) is 2. The molecule has 1 amide bonds. The van der Waals surface area contributed by atoms with E-state index in [-0.39, 0.29) is 23.9 Å². The van der Waals surface area contributed by atoms with Gasteiger partial charge in [0.05, 0.1) is 11.4 Å². The van der Waals surface area contributed by atoms with E-state index in [2.05, 4.69) is 22.0 Å². The Bertz CT molecular complexity index is 1180. The molecule has 166 valence electrons. The molecule has 1 heterocycles. The van der Waals surface area contributed by atoms with E-state index in [4.69, 9.17) is 0 Å². The topological polar surface area (TPSA) is 57.7 Å². The fraction of sp³-hybridized carbons (Fsp3) is 0.240. The Morgan fingerprint density at radius 2 is 1.56 bits per heavy atom. The molecule has 1 aliphatic rings. The lowest BCUT2D eigenvalue weighted by Gasteiger charge is -2.31. The quantitative estimate of drug-likeness (QED) is 0.474. The standard InChI is InChI=1S/C25H25BrN2O3S/c26-23-10-12-24(13-11-23)32(30,31)28(17-14-20-6-2-1-3-7-20)19-25(29)27-16-15-21-8-4-5-9-22(21)18-27/h1-13H,14-19H2. The summed E-state index contributed by atoms with van der Waals surface area (Å²) in [6, 6.07) is 24.3. The molecular formula is C25H25BrN2O3S. The minimum Gasteiger partial charge on any atom is -0.337 e. The molecule has 0 fully saturated rings. The fourth-order valence-corrected chi connectivity index (χ4v) is 5.55. The van der Waals surface area contributed by atoms with Crippen LogP contribution in [0.2, 0.25) is 0 Å². The van der Waals surface area contributed by atoms with E-state index in [9.17, 15) is 13.2 Å². The second-order valence-electron chi connectivity index (χ2n) is 7.86. The number of hydrogen-bond donors (Lipinski definition) is 0. The number of halogens is 1. The van der Waals surface area contributed by atoms with Gasteiger partial charge in [0.15, 0.2) is 0 Å². The summed E-state index contributed by atoms with van der Waals surface area (Å²) in [5.41, 5.74) is 3.40. The summed E-state index contributed by atoms with van der Waals surface area (Å²) in [4.78, 5) is 15.1. The number of sulfonamides is 1. The largest absolute Gasteiger partial charge is 0.337 e. The molecular weight excluding hydrogens is 488 g/mol. The van der Waals surface area contributed by atoms with Crippen LogP contribution < -0.4 is 0 Å². The summed E-state index contributed by atoms with van der Waals surface area (Å²) in [6.07, 6.45) is 1.32. The van der Waals surface area contributed by atoms with Gasteiger partial charge < -0.3 is 4.90 Å². The van der Waals surface area contributed by atoms with Crippen molar-refractivity contribution in [2.75, 3.05) is 19.6 Å². The van der Waals surface area contributed by atoms with Crippen molar-refractivity contribution >= 4 is 31.9 Å². The average Bonchev–Trinajstić information content (AvgIpc) is 2.82. The van der Waals surface area contributed by atoms with Crippen LogP contribution in [0.15, 0.2) is 88.2 Å². The maximum atomic E-state index is 13.4. The Kier molecular flexibility index (Phi) is 7.08. The number of fused-ring (bicyclic) bond motifs is 1. The molecule has 0 aliphatic carbocycles. The van der Waals surface area contributed by atoms with Gasteiger partial charge in [-0.05, 0) is 53.8 Å². The minimum absolute atomic E-state index is 0.173. The third-order valence-electron chi connectivity index (χ3n) is 5.74. The predicted molar refractivity (Wildman–Crippen MR) is 129 cm³/mol. The van der Waals surface area contributed by atoms with Gasteiger partial charge in [0.2, 0.25) is 15.9 Å². The van der Waals surface area contributed by atoms with Gasteiger partial charge >= 0.3 is 0 Å². The molecule has 0 aromatic heterocycles. The summed E-state index contributed by atoms with van der Waals surface area (Å²) < 4.78 is 29.0. The number of carbonyl (C=O) groups excluding carboxylic acids is 1. The molecule has 0 spiro atoms. The van der Waals surface area contributed by atoms with E-state index in [1.807, 2.05) is 48.5 Å². The van der Waals surface area contributed by atoms with Crippen molar-refractivity contribution in [1.82, 2.24) is 9.21 Å². The molecule has 4 rings (SSSR count). The monoisotopic (exact) mass is 512 g/mol. The maximum absolute atomic E-state index is 13.4. The van der Waals surface area contributed by atoms with E-state index in [1.165, 1.54) is 9.87 Å². The van der Waals surface area contributed by atoms with Gasteiger partial charge in [-0.1, -0.05) is 70.5 Å².